The molecule has 1 aliphatic heterocycles. The molecule has 6 rings (SSSR count). The monoisotopic (exact) mass is 420 g/mol. The summed E-state index contributed by atoms with van der Waals surface area (Å²) in [7, 11) is 0. The number of carbonyl (C=O) groups is 1. The number of hydrogen-bond donors (Lipinski definition) is 1. The van der Waals surface area contributed by atoms with Crippen LogP contribution in [0.3, 0.4) is 0 Å². The van der Waals surface area contributed by atoms with Gasteiger partial charge in [0, 0.05) is 42.2 Å². The quantitative estimate of drug-likeness (QED) is 0.827. The molecule has 4 aliphatic rings. The van der Waals surface area contributed by atoms with Crippen LogP contribution in [0.5, 0.6) is 0 Å². The molecule has 2 aromatic heterocycles. The van der Waals surface area contributed by atoms with Gasteiger partial charge in [-0.15, -0.1) is 0 Å². The standard InChI is InChI=1S/C24H28N4O3/c1-14-8-12-28(16-5-6-16)23(31)18(14)22(30)27-11-2-9-24(13-27)10-7-17-19(24)25-20(15-3-4-15)26-21(17)29/h8,12,15-16H,2-7,9-11,13H2,1H3,(H,25,26,29). The molecule has 1 atom stereocenters. The van der Waals surface area contributed by atoms with E-state index in [-0.39, 0.29) is 28.5 Å². The fourth-order valence-corrected chi connectivity index (χ4v) is 5.62. The van der Waals surface area contributed by atoms with Crippen LogP contribution in [-0.4, -0.2) is 38.4 Å². The van der Waals surface area contributed by atoms with Crippen LogP contribution in [0.2, 0.25) is 0 Å². The Balaban J connectivity index is 1.36. The predicted octanol–water partition coefficient (Wildman–Crippen LogP) is 2.57. The third kappa shape index (κ3) is 3.00. The lowest BCUT2D eigenvalue weighted by atomic mass is 9.77. The SMILES string of the molecule is Cc1ccn(C2CC2)c(=O)c1C(=O)N1CCCC2(CCc3c2nc(C2CC2)[nH]c3=O)C1. The van der Waals surface area contributed by atoms with Crippen LogP contribution in [0, 0.1) is 6.92 Å². The van der Waals surface area contributed by atoms with Crippen LogP contribution in [0.15, 0.2) is 21.9 Å². The second kappa shape index (κ2) is 6.65. The molecule has 3 heterocycles. The van der Waals surface area contributed by atoms with Crippen LogP contribution in [0.4, 0.5) is 0 Å². The summed E-state index contributed by atoms with van der Waals surface area (Å²) >= 11 is 0. The number of pyridine rings is 1. The van der Waals surface area contributed by atoms with Crippen LogP contribution in [0.1, 0.15) is 89.9 Å². The third-order valence-corrected chi connectivity index (χ3v) is 7.70. The number of hydrogen-bond acceptors (Lipinski definition) is 4. The van der Waals surface area contributed by atoms with Crippen molar-refractivity contribution in [2.24, 2.45) is 0 Å². The van der Waals surface area contributed by atoms with Gasteiger partial charge in [0.15, 0.2) is 0 Å². The van der Waals surface area contributed by atoms with Crippen LogP contribution >= 0.6 is 0 Å². The van der Waals surface area contributed by atoms with Gasteiger partial charge in [-0.2, -0.15) is 0 Å². The van der Waals surface area contributed by atoms with Crippen molar-refractivity contribution in [2.75, 3.05) is 13.1 Å². The molecule has 2 saturated carbocycles. The first-order valence-corrected chi connectivity index (χ1v) is 11.6. The van der Waals surface area contributed by atoms with E-state index < -0.39 is 0 Å². The first kappa shape index (κ1) is 19.0. The highest BCUT2D eigenvalue weighted by Crippen LogP contribution is 2.45. The molecule has 2 aromatic rings. The number of nitrogens with zero attached hydrogens (tertiary/aromatic N) is 3. The minimum atomic E-state index is -0.265. The minimum absolute atomic E-state index is 0.00144. The molecule has 3 aliphatic carbocycles. The van der Waals surface area contributed by atoms with Crippen molar-refractivity contribution in [3.8, 4) is 0 Å². The van der Waals surface area contributed by atoms with Gasteiger partial charge in [-0.25, -0.2) is 4.98 Å². The molecule has 7 nitrogen and oxygen atoms in total. The fraction of sp³-hybridized carbons (Fsp3) is 0.583. The summed E-state index contributed by atoms with van der Waals surface area (Å²) in [4.78, 5) is 49.1. The van der Waals surface area contributed by atoms with Gasteiger partial charge in [0.25, 0.3) is 17.0 Å². The number of carbonyl (C=O) groups excluding carboxylic acids is 1. The second-order valence-electron chi connectivity index (χ2n) is 9.98. The number of rotatable bonds is 3. The van der Waals surface area contributed by atoms with Crippen molar-refractivity contribution in [1.82, 2.24) is 19.4 Å². The number of aromatic nitrogens is 3. The zero-order valence-electron chi connectivity index (χ0n) is 17.9. The van der Waals surface area contributed by atoms with Gasteiger partial charge in [0.05, 0.1) is 5.69 Å². The Bertz CT molecular complexity index is 1200. The van der Waals surface area contributed by atoms with Gasteiger partial charge in [-0.3, -0.25) is 14.4 Å². The van der Waals surface area contributed by atoms with Gasteiger partial charge >= 0.3 is 0 Å². The zero-order chi connectivity index (χ0) is 21.3. The van der Waals surface area contributed by atoms with Gasteiger partial charge in [-0.1, -0.05) is 0 Å². The molecular weight excluding hydrogens is 392 g/mol. The van der Waals surface area contributed by atoms with Crippen molar-refractivity contribution in [3.05, 3.63) is 61.2 Å². The maximum absolute atomic E-state index is 13.6. The maximum atomic E-state index is 13.6. The van der Waals surface area contributed by atoms with Crippen LogP contribution in [0.25, 0.3) is 0 Å². The molecule has 1 amide bonds. The largest absolute Gasteiger partial charge is 0.338 e. The summed E-state index contributed by atoms with van der Waals surface area (Å²) < 4.78 is 1.73. The number of aryl methyl sites for hydroxylation is 1. The summed E-state index contributed by atoms with van der Waals surface area (Å²) in [6.07, 6.45) is 9.35. The highest BCUT2D eigenvalue weighted by molar-refractivity contribution is 5.95. The molecule has 0 bridgehead atoms. The smallest absolute Gasteiger partial charge is 0.263 e. The minimum Gasteiger partial charge on any atom is -0.338 e. The first-order valence-electron chi connectivity index (χ1n) is 11.6. The van der Waals surface area contributed by atoms with Crippen molar-refractivity contribution in [1.29, 1.82) is 0 Å². The van der Waals surface area contributed by atoms with Crippen LogP contribution in [-0.2, 0) is 11.8 Å². The Kier molecular flexibility index (Phi) is 4.08. The lowest BCUT2D eigenvalue weighted by molar-refractivity contribution is 0.0630. The molecule has 3 fully saturated rings. The summed E-state index contributed by atoms with van der Waals surface area (Å²) in [5.41, 5.74) is 2.33. The molecular formula is C24H28N4O3. The molecule has 1 spiro atoms. The number of likely N-dealkylation sites (tertiary alicyclic amines) is 1. The van der Waals surface area contributed by atoms with E-state index in [2.05, 4.69) is 4.98 Å². The molecule has 0 aromatic carbocycles. The number of piperidine rings is 1. The average Bonchev–Trinajstić information content (AvgIpc) is 3.67. The third-order valence-electron chi connectivity index (χ3n) is 7.70. The lowest BCUT2D eigenvalue weighted by Crippen LogP contribution is -2.49. The summed E-state index contributed by atoms with van der Waals surface area (Å²) in [6, 6.07) is 2.13. The van der Waals surface area contributed by atoms with Crippen LogP contribution < -0.4 is 11.1 Å². The van der Waals surface area contributed by atoms with E-state index >= 15 is 0 Å². The first-order chi connectivity index (χ1) is 15.0. The van der Waals surface area contributed by atoms with Gasteiger partial charge in [0.1, 0.15) is 11.4 Å². The van der Waals surface area contributed by atoms with E-state index in [1.54, 1.807) is 4.57 Å². The van der Waals surface area contributed by atoms with E-state index in [0.717, 1.165) is 67.6 Å². The lowest BCUT2D eigenvalue weighted by Gasteiger charge is -2.40. The van der Waals surface area contributed by atoms with Gasteiger partial charge in [-0.05, 0) is 69.9 Å². The molecule has 162 valence electrons. The number of aromatic amines is 1. The molecule has 31 heavy (non-hydrogen) atoms. The zero-order valence-corrected chi connectivity index (χ0v) is 17.9. The molecule has 1 unspecified atom stereocenters. The van der Waals surface area contributed by atoms with Crippen molar-refractivity contribution in [3.63, 3.8) is 0 Å². The highest BCUT2D eigenvalue weighted by Gasteiger charge is 2.46. The summed E-state index contributed by atoms with van der Waals surface area (Å²) in [6.45, 7) is 3.03. The Morgan fingerprint density at radius 3 is 2.74 bits per heavy atom. The summed E-state index contributed by atoms with van der Waals surface area (Å²) in [5.74, 6) is 1.03. The van der Waals surface area contributed by atoms with E-state index in [1.165, 1.54) is 0 Å². The Morgan fingerprint density at radius 2 is 2.00 bits per heavy atom. The van der Waals surface area contributed by atoms with E-state index in [1.807, 2.05) is 24.1 Å². The molecule has 7 heteroatoms. The second-order valence-corrected chi connectivity index (χ2v) is 9.98. The summed E-state index contributed by atoms with van der Waals surface area (Å²) in [5, 5.41) is 0. The molecule has 1 saturated heterocycles. The maximum Gasteiger partial charge on any atom is 0.263 e. The average molecular weight is 421 g/mol. The van der Waals surface area contributed by atoms with Crippen molar-refractivity contribution < 1.29 is 4.79 Å². The van der Waals surface area contributed by atoms with E-state index in [9.17, 15) is 14.4 Å². The van der Waals surface area contributed by atoms with Gasteiger partial charge < -0.3 is 14.5 Å². The molecule has 1 N–H and O–H groups in total. The number of fused-ring (bicyclic) bond motifs is 2. The van der Waals surface area contributed by atoms with Crippen molar-refractivity contribution >= 4 is 5.91 Å². The Hall–Kier alpha value is -2.70. The number of nitrogens with one attached hydrogen (secondary N) is 1. The van der Waals surface area contributed by atoms with Gasteiger partial charge in [0.2, 0.25) is 0 Å². The predicted molar refractivity (Wildman–Crippen MR) is 116 cm³/mol. The Morgan fingerprint density at radius 1 is 1.19 bits per heavy atom. The normalized spacial score (nSPS) is 25.1. The van der Waals surface area contributed by atoms with E-state index in [0.29, 0.717) is 31.0 Å². The Labute approximate surface area is 180 Å². The molecule has 0 radical (unpaired) electrons. The highest BCUT2D eigenvalue weighted by atomic mass is 16.2. The fourth-order valence-electron chi connectivity index (χ4n) is 5.62. The van der Waals surface area contributed by atoms with Crippen molar-refractivity contribution in [2.45, 2.75) is 75.7 Å². The number of H-pyrrole nitrogens is 1. The number of amides is 1. The topological polar surface area (TPSA) is 88.1 Å². The van der Waals surface area contributed by atoms with E-state index in [4.69, 9.17) is 4.98 Å².